The number of carbonyl (C=O) groups is 1. The van der Waals surface area contributed by atoms with Crippen LogP contribution < -0.4 is 28.9 Å². The van der Waals surface area contributed by atoms with E-state index in [-0.39, 0.29) is 36.7 Å². The lowest BCUT2D eigenvalue weighted by molar-refractivity contribution is -0.114. The van der Waals surface area contributed by atoms with E-state index in [1.165, 1.54) is 35.1 Å². The summed E-state index contributed by atoms with van der Waals surface area (Å²) in [6.07, 6.45) is 7.43. The van der Waals surface area contributed by atoms with Crippen LogP contribution in [0.25, 0.3) is 33.4 Å². The number of carbonyl (C=O) groups excluding carboxylic acids is 1. The van der Waals surface area contributed by atoms with E-state index in [0.29, 0.717) is 49.5 Å². The predicted molar refractivity (Wildman–Crippen MR) is 491 cm³/mol. The number of aliphatic hydroxyl groups excluding tert-OH is 2. The molecule has 13 rings (SSSR count). The predicted octanol–water partition coefficient (Wildman–Crippen LogP) is 17.0. The molecule has 0 radical (unpaired) electrons. The van der Waals surface area contributed by atoms with Gasteiger partial charge in [-0.25, -0.2) is 8.42 Å². The third-order valence-electron chi connectivity index (χ3n) is 22.3. The van der Waals surface area contributed by atoms with Gasteiger partial charge in [-0.1, -0.05) is 164 Å². The van der Waals surface area contributed by atoms with Crippen molar-refractivity contribution in [1.29, 1.82) is 0 Å². The summed E-state index contributed by atoms with van der Waals surface area (Å²) in [6.45, 7) is 27.8. The average Bonchev–Trinajstić information content (AvgIpc) is 1.34. The lowest BCUT2D eigenvalue weighted by Crippen LogP contribution is -2.48. The van der Waals surface area contributed by atoms with E-state index >= 15 is 0 Å². The van der Waals surface area contributed by atoms with Crippen LogP contribution in [0.1, 0.15) is 150 Å². The Kier molecular flexibility index (Phi) is 32.5. The Morgan fingerprint density at radius 3 is 0.950 bits per heavy atom. The Morgan fingerprint density at radius 1 is 0.378 bits per heavy atom. The molecule has 0 unspecified atom stereocenters. The van der Waals surface area contributed by atoms with Crippen molar-refractivity contribution in [2.75, 3.05) is 136 Å². The molecule has 3 saturated heterocycles. The minimum Gasteiger partial charge on any atom is -0.396 e. The number of hydrogen-bond donors (Lipinski definition) is 4. The van der Waals surface area contributed by atoms with Crippen molar-refractivity contribution in [2.24, 2.45) is 0 Å². The monoisotopic (exact) mass is 1670 g/mol. The summed E-state index contributed by atoms with van der Waals surface area (Å²) in [7, 11) is -10.5. The van der Waals surface area contributed by atoms with Gasteiger partial charge in [0.15, 0.2) is 0 Å². The molecule has 9 aromatic rings. The number of nitrogens with one attached hydrogen (secondary N) is 2. The van der Waals surface area contributed by atoms with Crippen LogP contribution in [0.2, 0.25) is 0 Å². The van der Waals surface area contributed by atoms with Crippen LogP contribution in [0.15, 0.2) is 237 Å². The second-order valence-corrected chi connectivity index (χ2v) is 37.1. The highest BCUT2D eigenvalue weighted by molar-refractivity contribution is 7.93. The fourth-order valence-electron chi connectivity index (χ4n) is 15.8. The van der Waals surface area contributed by atoms with Crippen molar-refractivity contribution >= 4 is 98.0 Å². The fourth-order valence-corrected chi connectivity index (χ4v) is 18.1. The van der Waals surface area contributed by atoms with Crippen LogP contribution in [0.4, 0.5) is 28.4 Å². The van der Waals surface area contributed by atoms with Gasteiger partial charge >= 0.3 is 10.1 Å². The molecular weight excluding hydrogens is 1550 g/mol. The fraction of sp³-hybridized carbons (Fsp3) is 0.371. The largest absolute Gasteiger partial charge is 0.396 e. The Labute approximate surface area is 708 Å². The van der Waals surface area contributed by atoms with Crippen molar-refractivity contribution in [1.82, 2.24) is 14.7 Å². The zero-order valence-corrected chi connectivity index (χ0v) is 73.0. The Bertz CT molecular complexity index is 5170. The van der Waals surface area contributed by atoms with Crippen LogP contribution >= 0.6 is 0 Å². The van der Waals surface area contributed by atoms with Gasteiger partial charge in [0.1, 0.15) is 5.75 Å². The highest BCUT2D eigenvalue weighted by Crippen LogP contribution is 2.41. The van der Waals surface area contributed by atoms with E-state index in [4.69, 9.17) is 8.37 Å². The molecule has 1 amide bonds. The van der Waals surface area contributed by atoms with Gasteiger partial charge in [-0.05, 0) is 249 Å². The Morgan fingerprint density at radius 2 is 0.672 bits per heavy atom. The molecule has 19 nitrogen and oxygen atoms in total. The first-order valence-corrected chi connectivity index (χ1v) is 47.1. The number of sulfonamides is 1. The van der Waals surface area contributed by atoms with Crippen LogP contribution in [-0.2, 0) is 39.2 Å². The van der Waals surface area contributed by atoms with E-state index < -0.39 is 30.3 Å². The second-order valence-electron chi connectivity index (χ2n) is 31.9. The van der Waals surface area contributed by atoms with Gasteiger partial charge in [-0.2, -0.15) is 16.8 Å². The number of benzene rings is 9. The van der Waals surface area contributed by atoms with E-state index in [9.17, 15) is 40.3 Å². The normalized spacial score (nSPS) is 15.9. The van der Waals surface area contributed by atoms with Crippen molar-refractivity contribution < 1.29 is 48.6 Å². The maximum Gasteiger partial charge on any atom is 0.306 e. The van der Waals surface area contributed by atoms with Gasteiger partial charge < -0.3 is 34.4 Å². The molecule has 3 heterocycles. The quantitative estimate of drug-likeness (QED) is 0.0175. The Balaban J connectivity index is 0.000000175. The first-order valence-electron chi connectivity index (χ1n) is 41.9. The molecule has 119 heavy (non-hydrogen) atoms. The maximum absolute atomic E-state index is 12.5. The summed E-state index contributed by atoms with van der Waals surface area (Å²) in [4.78, 5) is 26.4. The standard InChI is InChI=1S/C33H41N3O3S.C32H39N3O2.C32H40N2O6S2/c1-25(2)35-20-22-36(23-21-35)30-16-12-28(13-17-30)33(32(9-6-24-37)26-7-4-3-5-8-26)27-10-14-29(15-11-27)34-40(38,39)31-18-19-31;1-24(2)34-19-21-35(22-20-34)30-17-13-28(14-18-30)32(27-11-15-29(16-12-27)33-25(3)37)31(10-7-23-36)26-8-5-4-6-9-26;1-25(2)33-20-22-34(23-21-33)29-16-12-27(13-17-29)32(28-14-18-30(19-15-28)40-42(4,37)38)31(26-9-6-5-7-10-26)11-8-24-39-41(3,35)36/h3-5,7-8,10-17,25,31,34,37H,6,9,18-24H2,1-2H3;4-6,8-9,11-18,24,36H,7,10,19-23H2,1-3H3,(H,33,37);5-7,9-10,12-19,25H,8,11,20-24H2,1-4H3/b33-32-;32-31-;32-31+. The zero-order chi connectivity index (χ0) is 84.6. The smallest absolute Gasteiger partial charge is 0.306 e. The van der Waals surface area contributed by atoms with E-state index in [2.05, 4.69) is 202 Å². The van der Waals surface area contributed by atoms with Gasteiger partial charge in [0.05, 0.1) is 24.4 Å². The van der Waals surface area contributed by atoms with E-state index in [1.807, 2.05) is 103 Å². The number of hydrogen-bond acceptors (Lipinski definition) is 17. The lowest BCUT2D eigenvalue weighted by atomic mass is 9.87. The number of piperazine rings is 3. The third kappa shape index (κ3) is 26.4. The van der Waals surface area contributed by atoms with Crippen molar-refractivity contribution in [3.05, 3.63) is 287 Å². The number of aliphatic hydroxyl groups is 2. The summed E-state index contributed by atoms with van der Waals surface area (Å²) < 4.78 is 84.3. The average molecular weight is 1670 g/mol. The molecule has 4 fully saturated rings. The van der Waals surface area contributed by atoms with Gasteiger partial charge in [0.25, 0.3) is 10.1 Å². The highest BCUT2D eigenvalue weighted by atomic mass is 32.2. The minimum absolute atomic E-state index is 0.0743. The molecule has 632 valence electrons. The number of rotatable bonds is 32. The van der Waals surface area contributed by atoms with Crippen molar-refractivity contribution in [3.63, 3.8) is 0 Å². The van der Waals surface area contributed by atoms with Gasteiger partial charge in [0, 0.05) is 145 Å². The molecule has 9 aromatic carbocycles. The van der Waals surface area contributed by atoms with Gasteiger partial charge in [-0.15, -0.1) is 0 Å². The molecule has 0 spiro atoms. The molecule has 22 heteroatoms. The molecule has 4 aliphatic rings. The van der Waals surface area contributed by atoms with Gasteiger partial charge in [0.2, 0.25) is 15.9 Å². The van der Waals surface area contributed by atoms with E-state index in [1.54, 1.807) is 12.1 Å². The maximum atomic E-state index is 12.5. The molecule has 1 aliphatic carbocycles. The summed E-state index contributed by atoms with van der Waals surface area (Å²) in [5.74, 6) is 0.153. The molecule has 3 aliphatic heterocycles. The summed E-state index contributed by atoms with van der Waals surface area (Å²) in [5, 5.41) is 22.0. The summed E-state index contributed by atoms with van der Waals surface area (Å²) in [6, 6.07) is 81.5. The van der Waals surface area contributed by atoms with Crippen LogP contribution in [0.5, 0.6) is 5.75 Å². The lowest BCUT2D eigenvalue weighted by Gasteiger charge is -2.38. The Hall–Kier alpha value is -9.72. The molecular formula is C97H120N8O11S3. The number of anilines is 5. The first-order chi connectivity index (χ1) is 57.2. The van der Waals surface area contributed by atoms with E-state index in [0.717, 1.165) is 195 Å². The summed E-state index contributed by atoms with van der Waals surface area (Å²) >= 11 is 0. The van der Waals surface area contributed by atoms with Gasteiger partial charge in [-0.3, -0.25) is 28.4 Å². The van der Waals surface area contributed by atoms with Crippen LogP contribution in [0, 0.1) is 0 Å². The third-order valence-corrected chi connectivity index (χ3v) is 25.2. The van der Waals surface area contributed by atoms with Crippen LogP contribution in [-0.4, -0.2) is 190 Å². The van der Waals surface area contributed by atoms with Crippen LogP contribution in [0.3, 0.4) is 0 Å². The molecule has 0 aromatic heterocycles. The summed E-state index contributed by atoms with van der Waals surface area (Å²) in [5.41, 5.74) is 21.2. The van der Waals surface area contributed by atoms with Crippen molar-refractivity contribution in [2.45, 2.75) is 123 Å². The second kappa shape index (κ2) is 43.0. The zero-order valence-electron chi connectivity index (χ0n) is 70.6. The molecule has 0 bridgehead atoms. The minimum atomic E-state index is -3.66. The highest BCUT2D eigenvalue weighted by Gasteiger charge is 2.36. The van der Waals surface area contributed by atoms with Crippen molar-refractivity contribution in [3.8, 4) is 5.75 Å². The SMILES string of the molecule is CC(=O)Nc1ccc(/C(=C(\CCCO)c2ccccc2)c2ccc(N3CCN(C(C)C)CC3)cc2)cc1.CC(C)N1CCN(c2ccc(/C(=C(/CCCO)c3ccccc3)c3ccc(NS(=O)(=O)C4CC4)cc3)cc2)CC1.CC(C)N1CCN(c2ccc(/C(=C(/CCCOS(C)(=O)=O)c3ccccc3)c3ccc(OS(C)(=O)=O)cc3)cc2)CC1. The molecule has 1 saturated carbocycles. The number of allylic oxidation sites excluding steroid dienone is 3. The first kappa shape index (κ1) is 90.1. The topological polar surface area (TPSA) is 222 Å². The number of amides is 1. The molecule has 4 N–H and O–H groups in total. The molecule has 0 atom stereocenters. The number of nitrogens with zero attached hydrogens (tertiary/aromatic N) is 6.